The maximum Gasteiger partial charge on any atom is 0.251 e. The highest BCUT2D eigenvalue weighted by molar-refractivity contribution is 5.97. The highest BCUT2D eigenvalue weighted by Gasteiger charge is 2.25. The summed E-state index contributed by atoms with van der Waals surface area (Å²) < 4.78 is 3.76. The number of benzene rings is 1. The first-order valence-electron chi connectivity index (χ1n) is 14.5. The van der Waals surface area contributed by atoms with Gasteiger partial charge in [0.2, 0.25) is 0 Å². The lowest BCUT2D eigenvalue weighted by atomic mass is 9.96. The van der Waals surface area contributed by atoms with Crippen LogP contribution in [0.3, 0.4) is 0 Å². The van der Waals surface area contributed by atoms with Crippen LogP contribution in [-0.4, -0.2) is 42.9 Å². The molecule has 5 rings (SSSR count). The Labute approximate surface area is 231 Å². The van der Waals surface area contributed by atoms with Crippen molar-refractivity contribution in [2.75, 3.05) is 11.9 Å². The number of rotatable bonds is 13. The fourth-order valence-electron chi connectivity index (χ4n) is 5.31. The third-order valence-corrected chi connectivity index (χ3v) is 7.73. The molecule has 3 aromatic heterocycles. The van der Waals surface area contributed by atoms with E-state index in [-0.39, 0.29) is 5.91 Å². The van der Waals surface area contributed by atoms with Gasteiger partial charge in [-0.25, -0.2) is 4.98 Å². The molecule has 1 aliphatic rings. The zero-order valence-corrected chi connectivity index (χ0v) is 23.7. The number of aryl methyl sites for hydroxylation is 2. The smallest absolute Gasteiger partial charge is 0.251 e. The molecule has 8 heteroatoms. The van der Waals surface area contributed by atoms with Gasteiger partial charge in [0.1, 0.15) is 5.82 Å². The number of hydrogen-bond donors (Lipinski definition) is 2. The van der Waals surface area contributed by atoms with Gasteiger partial charge >= 0.3 is 0 Å². The first-order chi connectivity index (χ1) is 19.0. The maximum atomic E-state index is 12.7. The normalized spacial score (nSPS) is 14.1. The number of anilines is 1. The van der Waals surface area contributed by atoms with Crippen LogP contribution in [0.4, 0.5) is 5.82 Å². The van der Waals surface area contributed by atoms with Crippen LogP contribution >= 0.6 is 0 Å². The molecule has 1 fully saturated rings. The van der Waals surface area contributed by atoms with Crippen molar-refractivity contribution in [3.8, 4) is 22.5 Å². The van der Waals surface area contributed by atoms with Gasteiger partial charge in [-0.2, -0.15) is 14.7 Å². The van der Waals surface area contributed by atoms with E-state index >= 15 is 0 Å². The van der Waals surface area contributed by atoms with Gasteiger partial charge < -0.3 is 10.6 Å². The summed E-state index contributed by atoms with van der Waals surface area (Å²) in [5.74, 6) is 1.55. The first-order valence-corrected chi connectivity index (χ1v) is 14.5. The summed E-state index contributed by atoms with van der Waals surface area (Å²) in [4.78, 5) is 17.7. The van der Waals surface area contributed by atoms with Gasteiger partial charge in [0.25, 0.3) is 5.91 Å². The minimum absolute atomic E-state index is 0.00471. The molecule has 1 saturated carbocycles. The van der Waals surface area contributed by atoms with E-state index in [4.69, 9.17) is 10.1 Å². The van der Waals surface area contributed by atoms with E-state index < -0.39 is 0 Å². The molecule has 0 aliphatic heterocycles. The zero-order valence-electron chi connectivity index (χ0n) is 23.7. The fraction of sp³-hybridized carbons (Fsp3) is 0.484. The molecule has 1 aromatic carbocycles. The topological polar surface area (TPSA) is 89.1 Å². The Morgan fingerprint density at radius 3 is 2.62 bits per heavy atom. The van der Waals surface area contributed by atoms with Gasteiger partial charge in [-0.15, -0.1) is 0 Å². The molecular weight excluding hydrogens is 486 g/mol. The second kappa shape index (κ2) is 12.0. The number of nitrogens with zero attached hydrogens (tertiary/aromatic N) is 5. The SMILES string of the molecule is CCCCCC(CCC)CNc1cc(-c2ccnn2C)nc2c(-c3ccc(C(=O)NC4CC4)c(C)c3)cnn12. The van der Waals surface area contributed by atoms with Crippen molar-refractivity contribution in [2.24, 2.45) is 13.0 Å². The van der Waals surface area contributed by atoms with Crippen LogP contribution < -0.4 is 10.6 Å². The molecule has 0 saturated heterocycles. The van der Waals surface area contributed by atoms with Crippen LogP contribution in [-0.2, 0) is 7.05 Å². The quantitative estimate of drug-likeness (QED) is 0.196. The average molecular weight is 528 g/mol. The van der Waals surface area contributed by atoms with E-state index in [9.17, 15) is 4.79 Å². The lowest BCUT2D eigenvalue weighted by Gasteiger charge is -2.18. The van der Waals surface area contributed by atoms with Crippen LogP contribution in [0.25, 0.3) is 28.2 Å². The number of amides is 1. The molecule has 1 amide bonds. The lowest BCUT2D eigenvalue weighted by molar-refractivity contribution is 0.0950. The van der Waals surface area contributed by atoms with Gasteiger partial charge in [0, 0.05) is 43.0 Å². The van der Waals surface area contributed by atoms with Crippen LogP contribution in [0.1, 0.15) is 81.1 Å². The zero-order chi connectivity index (χ0) is 27.4. The first kappa shape index (κ1) is 26.9. The molecule has 8 nitrogen and oxygen atoms in total. The average Bonchev–Trinajstić information content (AvgIpc) is 3.46. The molecule has 1 atom stereocenters. The Bertz CT molecular complexity index is 1430. The van der Waals surface area contributed by atoms with Crippen molar-refractivity contribution in [1.82, 2.24) is 29.7 Å². The van der Waals surface area contributed by atoms with E-state index in [0.717, 1.165) is 64.5 Å². The van der Waals surface area contributed by atoms with Gasteiger partial charge in [-0.05, 0) is 61.8 Å². The summed E-state index contributed by atoms with van der Waals surface area (Å²) in [6.45, 7) is 7.42. The maximum absolute atomic E-state index is 12.7. The lowest BCUT2D eigenvalue weighted by Crippen LogP contribution is -2.26. The number of aromatic nitrogens is 5. The molecule has 1 aliphatic carbocycles. The minimum atomic E-state index is 0.00471. The van der Waals surface area contributed by atoms with Gasteiger partial charge in [-0.1, -0.05) is 51.7 Å². The second-order valence-corrected chi connectivity index (χ2v) is 11.0. The highest BCUT2D eigenvalue weighted by atomic mass is 16.1. The van der Waals surface area contributed by atoms with Crippen molar-refractivity contribution in [3.05, 3.63) is 53.9 Å². The molecular formula is C31H41N7O. The van der Waals surface area contributed by atoms with Gasteiger partial charge in [-0.3, -0.25) is 9.48 Å². The predicted molar refractivity (Wildman–Crippen MR) is 157 cm³/mol. The largest absolute Gasteiger partial charge is 0.370 e. The molecule has 0 radical (unpaired) electrons. The van der Waals surface area contributed by atoms with Crippen molar-refractivity contribution < 1.29 is 4.79 Å². The number of unbranched alkanes of at least 4 members (excludes halogenated alkanes) is 2. The summed E-state index contributed by atoms with van der Waals surface area (Å²) >= 11 is 0. The summed E-state index contributed by atoms with van der Waals surface area (Å²) in [5.41, 5.74) is 6.18. The summed E-state index contributed by atoms with van der Waals surface area (Å²) in [6, 6.07) is 10.4. The number of hydrogen-bond acceptors (Lipinski definition) is 5. The Morgan fingerprint density at radius 2 is 1.92 bits per heavy atom. The Kier molecular flexibility index (Phi) is 8.29. The van der Waals surface area contributed by atoms with E-state index in [0.29, 0.717) is 12.0 Å². The Morgan fingerprint density at radius 1 is 1.08 bits per heavy atom. The summed E-state index contributed by atoms with van der Waals surface area (Å²) in [6.07, 6.45) is 13.3. The monoisotopic (exact) mass is 527 g/mol. The van der Waals surface area contributed by atoms with Gasteiger partial charge in [0.15, 0.2) is 5.65 Å². The predicted octanol–water partition coefficient (Wildman–Crippen LogP) is 6.41. The van der Waals surface area contributed by atoms with Crippen LogP contribution in [0.2, 0.25) is 0 Å². The van der Waals surface area contributed by atoms with E-state index in [2.05, 4.69) is 41.7 Å². The highest BCUT2D eigenvalue weighted by Crippen LogP contribution is 2.31. The van der Waals surface area contributed by atoms with Crippen LogP contribution in [0, 0.1) is 12.8 Å². The molecule has 0 bridgehead atoms. The fourth-order valence-corrected chi connectivity index (χ4v) is 5.31. The van der Waals surface area contributed by atoms with E-state index in [1.165, 1.54) is 38.5 Å². The Balaban J connectivity index is 1.49. The third-order valence-electron chi connectivity index (χ3n) is 7.73. The molecule has 39 heavy (non-hydrogen) atoms. The molecule has 2 N–H and O–H groups in total. The van der Waals surface area contributed by atoms with Gasteiger partial charge in [0.05, 0.1) is 17.6 Å². The molecule has 3 heterocycles. The standard InChI is InChI=1S/C31H41N7O/c1-5-7-8-10-22(9-6-2)19-32-29-18-27(28-15-16-33-37(28)4)36-30-26(20-34-38(29)30)23-11-14-25(21(3)17-23)31(39)35-24-12-13-24/h11,14-18,20,22,24,32H,5-10,12-13,19H2,1-4H3,(H,35,39). The summed E-state index contributed by atoms with van der Waals surface area (Å²) in [5, 5.41) is 16.0. The number of carbonyl (C=O) groups excluding carboxylic acids is 1. The van der Waals surface area contributed by atoms with Crippen LogP contribution in [0.5, 0.6) is 0 Å². The van der Waals surface area contributed by atoms with Crippen molar-refractivity contribution in [3.63, 3.8) is 0 Å². The molecule has 4 aromatic rings. The van der Waals surface area contributed by atoms with Crippen molar-refractivity contribution in [1.29, 1.82) is 0 Å². The van der Waals surface area contributed by atoms with Crippen LogP contribution in [0.15, 0.2) is 42.7 Å². The minimum Gasteiger partial charge on any atom is -0.370 e. The van der Waals surface area contributed by atoms with E-state index in [1.807, 2.05) is 47.6 Å². The Hall–Kier alpha value is -3.68. The van der Waals surface area contributed by atoms with E-state index in [1.54, 1.807) is 6.20 Å². The van der Waals surface area contributed by atoms with Crippen molar-refractivity contribution >= 4 is 17.4 Å². The number of nitrogens with one attached hydrogen (secondary N) is 2. The van der Waals surface area contributed by atoms with Crippen molar-refractivity contribution in [2.45, 2.75) is 78.2 Å². The number of fused-ring (bicyclic) bond motifs is 1. The summed E-state index contributed by atoms with van der Waals surface area (Å²) in [7, 11) is 1.94. The number of carbonyl (C=O) groups is 1. The third kappa shape index (κ3) is 6.15. The second-order valence-electron chi connectivity index (χ2n) is 11.0. The molecule has 1 unspecified atom stereocenters. The molecule has 206 valence electrons. The molecule has 0 spiro atoms.